The van der Waals surface area contributed by atoms with Gasteiger partial charge < -0.3 is 40.2 Å². The van der Waals surface area contributed by atoms with Crippen LogP contribution in [-0.2, 0) is 20.7 Å². The van der Waals surface area contributed by atoms with Gasteiger partial charge in [0.25, 0.3) is 0 Å². The molecule has 3 amide bonds. The predicted octanol–water partition coefficient (Wildman–Crippen LogP) is 5.73. The first kappa shape index (κ1) is 39.8. The Balaban J connectivity index is 1.17. The minimum Gasteiger partial charge on any atom is -0.497 e. The fourth-order valence-corrected chi connectivity index (χ4v) is 8.13. The second-order valence-corrected chi connectivity index (χ2v) is 16.4. The second kappa shape index (κ2) is 16.2. The average molecular weight is 776 g/mol. The Morgan fingerprint density at radius 3 is 2.53 bits per heavy atom. The molecule has 0 bridgehead atoms. The van der Waals surface area contributed by atoms with Crippen molar-refractivity contribution in [3.05, 3.63) is 103 Å². The highest BCUT2D eigenvalue weighted by Gasteiger charge is 2.62. The molecule has 0 spiro atoms. The lowest BCUT2D eigenvalue weighted by molar-refractivity contribution is -0.149. The number of fused-ring (bicyclic) bond motifs is 2. The molecule has 3 aromatic carbocycles. The summed E-state index contributed by atoms with van der Waals surface area (Å²) in [4.78, 5) is 48.5. The van der Waals surface area contributed by atoms with E-state index in [0.29, 0.717) is 42.1 Å². The van der Waals surface area contributed by atoms with E-state index in [4.69, 9.17) is 19.2 Å². The van der Waals surface area contributed by atoms with Crippen LogP contribution in [0.5, 0.6) is 11.5 Å². The number of hydrogen-bond acceptors (Lipinski definition) is 9. The maximum atomic E-state index is 14.5. The third-order valence-corrected chi connectivity index (χ3v) is 11.5. The van der Waals surface area contributed by atoms with Gasteiger partial charge >= 0.3 is 12.0 Å². The second-order valence-electron chi connectivity index (χ2n) is 16.4. The van der Waals surface area contributed by atoms with Gasteiger partial charge in [-0.15, -0.1) is 6.58 Å². The van der Waals surface area contributed by atoms with Gasteiger partial charge in [-0.2, -0.15) is 0 Å². The van der Waals surface area contributed by atoms with Crippen molar-refractivity contribution in [3.8, 4) is 22.8 Å². The zero-order valence-electron chi connectivity index (χ0n) is 33.3. The van der Waals surface area contributed by atoms with Crippen LogP contribution in [0.25, 0.3) is 22.2 Å². The molecule has 1 saturated heterocycles. The monoisotopic (exact) mass is 775 g/mol. The van der Waals surface area contributed by atoms with Gasteiger partial charge in [0.05, 0.1) is 43.6 Å². The maximum absolute atomic E-state index is 14.5. The summed E-state index contributed by atoms with van der Waals surface area (Å²) < 4.78 is 17.6. The number of hydrogen-bond donors (Lipinski definition) is 4. The Hall–Kier alpha value is -5.46. The molecule has 0 radical (unpaired) electrons. The van der Waals surface area contributed by atoms with Crippen LogP contribution in [0.2, 0.25) is 0 Å². The first-order valence-electron chi connectivity index (χ1n) is 19.7. The summed E-state index contributed by atoms with van der Waals surface area (Å²) in [6.45, 7) is 12.3. The van der Waals surface area contributed by atoms with Crippen LogP contribution in [0.1, 0.15) is 57.7 Å². The number of carbonyl (C=O) groups excluding carboxylic acids is 3. The van der Waals surface area contributed by atoms with Crippen LogP contribution < -0.4 is 25.4 Å². The van der Waals surface area contributed by atoms with E-state index in [1.54, 1.807) is 20.1 Å². The molecule has 3 aliphatic rings. The van der Waals surface area contributed by atoms with E-state index >= 15 is 0 Å². The number of aliphatic hydroxyl groups excluding tert-OH is 1. The van der Waals surface area contributed by atoms with Gasteiger partial charge in [0.2, 0.25) is 5.91 Å². The molecule has 1 saturated carbocycles. The summed E-state index contributed by atoms with van der Waals surface area (Å²) >= 11 is 0. The number of urea groups is 1. The van der Waals surface area contributed by atoms with E-state index in [1.165, 1.54) is 4.90 Å². The SMILES string of the molecule is C=C[C@@H]1C[C@]1(NC(=O)[C@@H]1C[C@@H](Oc2cc(-c3ccccc3)nc3cc(OC)ccc23)CN1C(=O)NC(CN[C@H]1c2ccccc2C[C@H]1O)C(C)(C)C)C(=O)OCC. The number of aromatic nitrogens is 1. The average Bonchev–Trinajstić information content (AvgIpc) is 3.59. The Kier molecular flexibility index (Phi) is 11.3. The fraction of sp³-hybridized carbons (Fsp3) is 0.422. The van der Waals surface area contributed by atoms with Crippen LogP contribution in [0.4, 0.5) is 4.79 Å². The summed E-state index contributed by atoms with van der Waals surface area (Å²) in [7, 11) is 1.60. The van der Waals surface area contributed by atoms with Gasteiger partial charge in [0, 0.05) is 54.4 Å². The van der Waals surface area contributed by atoms with E-state index in [2.05, 4.69) is 22.5 Å². The zero-order chi connectivity index (χ0) is 40.5. The van der Waals surface area contributed by atoms with Crippen molar-refractivity contribution in [1.29, 1.82) is 0 Å². The molecule has 4 N–H and O–H groups in total. The topological polar surface area (TPSA) is 151 Å². The quantitative estimate of drug-likeness (QED) is 0.0987. The van der Waals surface area contributed by atoms with Crippen molar-refractivity contribution in [2.75, 3.05) is 26.8 Å². The van der Waals surface area contributed by atoms with E-state index in [9.17, 15) is 19.5 Å². The highest BCUT2D eigenvalue weighted by Crippen LogP contribution is 2.46. The minimum absolute atomic E-state index is 0.0981. The van der Waals surface area contributed by atoms with Gasteiger partial charge in [0.1, 0.15) is 29.2 Å². The number of nitrogens with one attached hydrogen (secondary N) is 3. The molecule has 300 valence electrons. The number of esters is 1. The van der Waals surface area contributed by atoms with Crippen LogP contribution in [0.15, 0.2) is 91.5 Å². The molecule has 2 aliphatic carbocycles. The Labute approximate surface area is 334 Å². The molecule has 1 aromatic heterocycles. The Morgan fingerprint density at radius 1 is 1.07 bits per heavy atom. The number of pyridine rings is 1. The smallest absolute Gasteiger partial charge is 0.332 e. The molecule has 12 heteroatoms. The number of nitrogens with zero attached hydrogens (tertiary/aromatic N) is 2. The van der Waals surface area contributed by atoms with Gasteiger partial charge in [-0.25, -0.2) is 14.6 Å². The van der Waals surface area contributed by atoms with E-state index < -0.39 is 47.1 Å². The number of likely N-dealkylation sites (tertiary alicyclic amines) is 1. The van der Waals surface area contributed by atoms with Gasteiger partial charge in [-0.05, 0) is 42.0 Å². The van der Waals surface area contributed by atoms with Crippen LogP contribution in [0, 0.1) is 11.3 Å². The van der Waals surface area contributed by atoms with Gasteiger partial charge in [-0.1, -0.05) is 81.4 Å². The summed E-state index contributed by atoms with van der Waals surface area (Å²) in [6.07, 6.45) is 1.55. The fourth-order valence-electron chi connectivity index (χ4n) is 8.13. The summed E-state index contributed by atoms with van der Waals surface area (Å²) in [6, 6.07) is 23.1. The maximum Gasteiger partial charge on any atom is 0.332 e. The largest absolute Gasteiger partial charge is 0.497 e. The number of rotatable bonds is 13. The summed E-state index contributed by atoms with van der Waals surface area (Å²) in [5, 5.41) is 21.4. The number of methoxy groups -OCH3 is 1. The highest BCUT2D eigenvalue weighted by molar-refractivity contribution is 5.95. The van der Waals surface area contributed by atoms with Crippen molar-refractivity contribution in [2.24, 2.45) is 11.3 Å². The first-order chi connectivity index (χ1) is 27.3. The molecule has 57 heavy (non-hydrogen) atoms. The Bertz CT molecular complexity index is 2140. The normalized spacial score (nSPS) is 24.3. The number of aliphatic hydroxyl groups is 1. The van der Waals surface area contributed by atoms with Gasteiger partial charge in [0.15, 0.2) is 0 Å². The predicted molar refractivity (Wildman–Crippen MR) is 218 cm³/mol. The molecule has 1 unspecified atom stereocenters. The molecular weight excluding hydrogens is 723 g/mol. The Morgan fingerprint density at radius 2 is 1.82 bits per heavy atom. The van der Waals surface area contributed by atoms with E-state index in [0.717, 1.165) is 22.1 Å². The van der Waals surface area contributed by atoms with Crippen LogP contribution >= 0.6 is 0 Å². The molecule has 12 nitrogen and oxygen atoms in total. The number of benzene rings is 3. The molecule has 2 fully saturated rings. The third kappa shape index (κ3) is 8.20. The third-order valence-electron chi connectivity index (χ3n) is 11.5. The van der Waals surface area contributed by atoms with Crippen molar-refractivity contribution in [2.45, 2.75) is 82.8 Å². The summed E-state index contributed by atoms with van der Waals surface area (Å²) in [5.74, 6) is -0.0856. The summed E-state index contributed by atoms with van der Waals surface area (Å²) in [5.41, 5.74) is 2.78. The zero-order valence-corrected chi connectivity index (χ0v) is 33.3. The first-order valence-corrected chi connectivity index (χ1v) is 19.7. The molecule has 7 atom stereocenters. The lowest BCUT2D eigenvalue weighted by Gasteiger charge is -2.35. The lowest BCUT2D eigenvalue weighted by Crippen LogP contribution is -2.58. The number of carbonyl (C=O) groups is 3. The molecule has 1 aliphatic heterocycles. The van der Waals surface area contributed by atoms with Crippen molar-refractivity contribution in [3.63, 3.8) is 0 Å². The van der Waals surface area contributed by atoms with E-state index in [-0.39, 0.29) is 37.6 Å². The van der Waals surface area contributed by atoms with Crippen LogP contribution in [-0.4, -0.2) is 89.5 Å². The highest BCUT2D eigenvalue weighted by atomic mass is 16.5. The van der Waals surface area contributed by atoms with Crippen molar-refractivity contribution < 1.29 is 33.7 Å². The minimum atomic E-state index is -1.24. The standard InChI is InChI=1S/C45H53N5O7/c1-7-29-24-45(29,42(53)56-8-2)49-41(52)36-22-31(57-38-23-34(27-14-10-9-11-15-27)47-35-21-30(55-6)18-19-33(35)38)26-50(36)43(54)48-39(44(3,4)5)25-46-40-32-17-13-12-16-28(32)20-37(40)51/h7,9-19,21,23,29,31,36-37,39-40,46,51H,1,8,20,22,24-26H2,2-6H3,(H,48,54)(H,49,52)/t29-,31-,36+,37-,39?,40+,45-/m1/s1. The number of amides is 3. The number of ether oxygens (including phenoxy) is 3. The van der Waals surface area contributed by atoms with Crippen molar-refractivity contribution >= 4 is 28.8 Å². The van der Waals surface area contributed by atoms with E-state index in [1.807, 2.05) is 99.6 Å². The lowest BCUT2D eigenvalue weighted by atomic mass is 9.86. The van der Waals surface area contributed by atoms with Gasteiger partial charge in [-0.3, -0.25) is 4.79 Å². The molecular formula is C45H53N5O7. The molecule has 4 aromatic rings. The van der Waals surface area contributed by atoms with Crippen LogP contribution in [0.3, 0.4) is 0 Å². The molecule has 7 rings (SSSR count). The van der Waals surface area contributed by atoms with Crippen molar-refractivity contribution in [1.82, 2.24) is 25.8 Å². The molecule has 2 heterocycles.